The number of hydrogen-bond donors (Lipinski definition) is 0. The Balaban J connectivity index is 1.98. The van der Waals surface area contributed by atoms with Crippen LogP contribution in [-0.2, 0) is 11.2 Å². The first-order chi connectivity index (χ1) is 9.16. The highest BCUT2D eigenvalue weighted by Gasteiger charge is 2.20. The fourth-order valence-electron chi connectivity index (χ4n) is 2.78. The maximum absolute atomic E-state index is 13.0. The summed E-state index contributed by atoms with van der Waals surface area (Å²) < 4.78 is 13.7. The Bertz CT molecular complexity index is 436. The fraction of sp³-hybridized carbons (Fsp3) is 0.562. The van der Waals surface area contributed by atoms with Crippen molar-refractivity contribution in [2.45, 2.75) is 51.4 Å². The van der Waals surface area contributed by atoms with Crippen molar-refractivity contribution in [3.8, 4) is 0 Å². The second-order valence-corrected chi connectivity index (χ2v) is 6.28. The molecule has 0 unspecified atom stereocenters. The molecular weight excluding hydrogens is 307 g/mol. The van der Waals surface area contributed by atoms with Crippen molar-refractivity contribution in [1.82, 2.24) is 0 Å². The highest BCUT2D eigenvalue weighted by atomic mass is 79.9. The SMILES string of the molecule is O=C(Cc1ccc(F)cc1Br)C1CCCCCCC1. The molecule has 0 aliphatic heterocycles. The van der Waals surface area contributed by atoms with Gasteiger partial charge in [-0.25, -0.2) is 4.39 Å². The minimum atomic E-state index is -0.269. The first kappa shape index (κ1) is 14.7. The number of rotatable bonds is 3. The molecular formula is C16H20BrFO. The van der Waals surface area contributed by atoms with Gasteiger partial charge in [0.2, 0.25) is 0 Å². The fourth-order valence-corrected chi connectivity index (χ4v) is 3.27. The van der Waals surface area contributed by atoms with E-state index in [1.165, 1.54) is 44.2 Å². The number of hydrogen-bond acceptors (Lipinski definition) is 1. The van der Waals surface area contributed by atoms with E-state index in [0.717, 1.165) is 18.4 Å². The van der Waals surface area contributed by atoms with Crippen LogP contribution in [0.1, 0.15) is 50.5 Å². The molecule has 104 valence electrons. The van der Waals surface area contributed by atoms with E-state index in [1.54, 1.807) is 6.07 Å². The van der Waals surface area contributed by atoms with Gasteiger partial charge in [-0.2, -0.15) is 0 Å². The lowest BCUT2D eigenvalue weighted by atomic mass is 9.86. The minimum absolute atomic E-state index is 0.206. The summed E-state index contributed by atoms with van der Waals surface area (Å²) in [7, 11) is 0. The van der Waals surface area contributed by atoms with E-state index in [2.05, 4.69) is 15.9 Å². The topological polar surface area (TPSA) is 17.1 Å². The molecule has 1 aliphatic carbocycles. The van der Waals surface area contributed by atoms with Gasteiger partial charge in [-0.05, 0) is 30.5 Å². The molecule has 1 aliphatic rings. The van der Waals surface area contributed by atoms with Crippen LogP contribution in [0.5, 0.6) is 0 Å². The van der Waals surface area contributed by atoms with Crippen molar-refractivity contribution >= 4 is 21.7 Å². The van der Waals surface area contributed by atoms with Gasteiger partial charge in [-0.1, -0.05) is 54.1 Å². The van der Waals surface area contributed by atoms with Crippen LogP contribution in [0.2, 0.25) is 0 Å². The van der Waals surface area contributed by atoms with Crippen LogP contribution < -0.4 is 0 Å². The zero-order valence-electron chi connectivity index (χ0n) is 11.1. The van der Waals surface area contributed by atoms with Gasteiger partial charge in [-0.3, -0.25) is 4.79 Å². The molecule has 1 fully saturated rings. The standard InChI is InChI=1S/C16H20BrFO/c17-15-11-14(18)9-8-13(15)10-16(19)12-6-4-2-1-3-5-7-12/h8-9,11-12H,1-7,10H2. The molecule has 1 saturated carbocycles. The van der Waals surface area contributed by atoms with E-state index in [0.29, 0.717) is 16.7 Å². The summed E-state index contributed by atoms with van der Waals surface area (Å²) in [6.45, 7) is 0. The van der Waals surface area contributed by atoms with Crippen molar-refractivity contribution in [3.63, 3.8) is 0 Å². The van der Waals surface area contributed by atoms with Crippen molar-refractivity contribution in [2.75, 3.05) is 0 Å². The van der Waals surface area contributed by atoms with Crippen LogP contribution in [0.25, 0.3) is 0 Å². The normalized spacial score (nSPS) is 17.8. The Hall–Kier alpha value is -0.700. The maximum Gasteiger partial charge on any atom is 0.140 e. The largest absolute Gasteiger partial charge is 0.299 e. The summed E-state index contributed by atoms with van der Waals surface area (Å²) in [5.41, 5.74) is 0.897. The van der Waals surface area contributed by atoms with Crippen LogP contribution in [0.15, 0.2) is 22.7 Å². The van der Waals surface area contributed by atoms with Crippen molar-refractivity contribution in [1.29, 1.82) is 0 Å². The van der Waals surface area contributed by atoms with Gasteiger partial charge in [0.1, 0.15) is 11.6 Å². The first-order valence-corrected chi connectivity index (χ1v) is 7.93. The van der Waals surface area contributed by atoms with Gasteiger partial charge < -0.3 is 0 Å². The Kier molecular flexibility index (Phi) is 5.56. The number of halogens is 2. The highest BCUT2D eigenvalue weighted by Crippen LogP contribution is 2.26. The molecule has 0 atom stereocenters. The molecule has 2 rings (SSSR count). The lowest BCUT2D eigenvalue weighted by Crippen LogP contribution is -2.18. The third-order valence-electron chi connectivity index (χ3n) is 3.94. The summed E-state index contributed by atoms with van der Waals surface area (Å²) in [5, 5.41) is 0. The monoisotopic (exact) mass is 326 g/mol. The van der Waals surface area contributed by atoms with Gasteiger partial charge in [0.05, 0.1) is 0 Å². The van der Waals surface area contributed by atoms with E-state index in [4.69, 9.17) is 0 Å². The smallest absolute Gasteiger partial charge is 0.140 e. The Morgan fingerprint density at radius 3 is 2.42 bits per heavy atom. The predicted molar refractivity (Wildman–Crippen MR) is 78.6 cm³/mol. The summed E-state index contributed by atoms with van der Waals surface area (Å²) in [6.07, 6.45) is 8.63. The third kappa shape index (κ3) is 4.41. The molecule has 0 radical (unpaired) electrons. The molecule has 1 aromatic rings. The number of ketones is 1. The second kappa shape index (κ2) is 7.18. The predicted octanol–water partition coefficient (Wildman–Crippen LogP) is 5.06. The van der Waals surface area contributed by atoms with Gasteiger partial charge in [0.15, 0.2) is 0 Å². The van der Waals surface area contributed by atoms with Crippen LogP contribution in [0.4, 0.5) is 4.39 Å². The van der Waals surface area contributed by atoms with Crippen molar-refractivity contribution < 1.29 is 9.18 Å². The minimum Gasteiger partial charge on any atom is -0.299 e. The van der Waals surface area contributed by atoms with E-state index in [1.807, 2.05) is 0 Å². The molecule has 0 bridgehead atoms. The summed E-state index contributed by atoms with van der Waals surface area (Å²) in [5.74, 6) is 0.250. The third-order valence-corrected chi connectivity index (χ3v) is 4.68. The van der Waals surface area contributed by atoms with E-state index in [9.17, 15) is 9.18 Å². The summed E-state index contributed by atoms with van der Waals surface area (Å²) in [4.78, 5) is 12.4. The zero-order chi connectivity index (χ0) is 13.7. The molecule has 0 saturated heterocycles. The Morgan fingerprint density at radius 2 is 1.79 bits per heavy atom. The van der Waals surface area contributed by atoms with Crippen LogP contribution in [-0.4, -0.2) is 5.78 Å². The molecule has 3 heteroatoms. The van der Waals surface area contributed by atoms with Gasteiger partial charge in [0, 0.05) is 16.8 Å². The average molecular weight is 327 g/mol. The van der Waals surface area contributed by atoms with Crippen LogP contribution >= 0.6 is 15.9 Å². The van der Waals surface area contributed by atoms with Crippen LogP contribution in [0.3, 0.4) is 0 Å². The van der Waals surface area contributed by atoms with Gasteiger partial charge in [0.25, 0.3) is 0 Å². The van der Waals surface area contributed by atoms with Crippen LogP contribution in [0, 0.1) is 11.7 Å². The molecule has 0 spiro atoms. The van der Waals surface area contributed by atoms with Crippen molar-refractivity contribution in [2.24, 2.45) is 5.92 Å². The molecule has 19 heavy (non-hydrogen) atoms. The Morgan fingerprint density at radius 1 is 1.16 bits per heavy atom. The zero-order valence-corrected chi connectivity index (χ0v) is 12.7. The average Bonchev–Trinajstić information content (AvgIpc) is 2.32. The molecule has 1 aromatic carbocycles. The Labute approximate surface area is 122 Å². The quantitative estimate of drug-likeness (QED) is 0.758. The lowest BCUT2D eigenvalue weighted by molar-refractivity contribution is -0.122. The lowest BCUT2D eigenvalue weighted by Gasteiger charge is -2.18. The van der Waals surface area contributed by atoms with E-state index in [-0.39, 0.29) is 11.7 Å². The summed E-state index contributed by atoms with van der Waals surface area (Å²) >= 11 is 3.34. The highest BCUT2D eigenvalue weighted by molar-refractivity contribution is 9.10. The van der Waals surface area contributed by atoms with Gasteiger partial charge in [-0.15, -0.1) is 0 Å². The number of benzene rings is 1. The van der Waals surface area contributed by atoms with E-state index >= 15 is 0 Å². The number of carbonyl (C=O) groups excluding carboxylic acids is 1. The molecule has 0 aromatic heterocycles. The van der Waals surface area contributed by atoms with E-state index < -0.39 is 0 Å². The second-order valence-electron chi connectivity index (χ2n) is 5.42. The summed E-state index contributed by atoms with van der Waals surface area (Å²) in [6, 6.07) is 4.56. The molecule has 0 amide bonds. The molecule has 0 heterocycles. The van der Waals surface area contributed by atoms with Gasteiger partial charge >= 0.3 is 0 Å². The number of Topliss-reactive ketones (excluding diaryl/α,β-unsaturated/α-hetero) is 1. The maximum atomic E-state index is 13.0. The van der Waals surface area contributed by atoms with Crippen molar-refractivity contribution in [3.05, 3.63) is 34.1 Å². The molecule has 0 N–H and O–H groups in total. The first-order valence-electron chi connectivity index (χ1n) is 7.13. The molecule has 1 nitrogen and oxygen atoms in total. The number of carbonyl (C=O) groups is 1.